The number of imide groups is 1. The Morgan fingerprint density at radius 2 is 1.85 bits per heavy atom. The molecule has 0 bridgehead atoms. The van der Waals surface area contributed by atoms with E-state index in [-0.39, 0.29) is 17.7 Å². The zero-order valence-electron chi connectivity index (χ0n) is 14.4. The fourth-order valence-corrected chi connectivity index (χ4v) is 3.15. The number of rotatable bonds is 6. The second-order valence-electron chi connectivity index (χ2n) is 6.08. The molecule has 1 aliphatic rings. The minimum atomic E-state index is -0.218. The molecule has 0 aliphatic carbocycles. The highest BCUT2D eigenvalue weighted by Gasteiger charge is 2.28. The van der Waals surface area contributed by atoms with Crippen molar-refractivity contribution in [2.45, 2.75) is 26.2 Å². The Morgan fingerprint density at radius 3 is 2.50 bits per heavy atom. The molecule has 2 heterocycles. The third-order valence-corrected chi connectivity index (χ3v) is 4.85. The first-order valence-electron chi connectivity index (χ1n) is 8.39. The van der Waals surface area contributed by atoms with Gasteiger partial charge in [-0.15, -0.1) is 0 Å². The van der Waals surface area contributed by atoms with Crippen LogP contribution in [-0.2, 0) is 9.59 Å². The van der Waals surface area contributed by atoms with Crippen molar-refractivity contribution in [2.24, 2.45) is 0 Å². The van der Waals surface area contributed by atoms with Crippen molar-refractivity contribution in [3.05, 3.63) is 46.2 Å². The summed E-state index contributed by atoms with van der Waals surface area (Å²) in [6.45, 7) is 2.57. The molecule has 3 rings (SSSR count). The summed E-state index contributed by atoms with van der Waals surface area (Å²) < 4.78 is 2.68. The summed E-state index contributed by atoms with van der Waals surface area (Å²) in [5.41, 5.74) is 2.12. The van der Waals surface area contributed by atoms with Crippen molar-refractivity contribution >= 4 is 33.7 Å². The second kappa shape index (κ2) is 7.82. The predicted molar refractivity (Wildman–Crippen MR) is 98.9 cm³/mol. The molecule has 0 saturated carbocycles. The molecule has 0 spiro atoms. The highest BCUT2D eigenvalue weighted by atomic mass is 79.9. The zero-order valence-corrected chi connectivity index (χ0v) is 16.0. The predicted octanol–water partition coefficient (Wildman–Crippen LogP) is 2.21. The van der Waals surface area contributed by atoms with Gasteiger partial charge in [-0.05, 0) is 37.6 Å². The van der Waals surface area contributed by atoms with E-state index in [0.717, 1.165) is 15.9 Å². The van der Waals surface area contributed by atoms with E-state index in [0.29, 0.717) is 37.9 Å². The van der Waals surface area contributed by atoms with Crippen LogP contribution in [0.4, 0.5) is 0 Å². The van der Waals surface area contributed by atoms with Gasteiger partial charge in [0.1, 0.15) is 0 Å². The van der Waals surface area contributed by atoms with E-state index in [4.69, 9.17) is 0 Å². The van der Waals surface area contributed by atoms with Gasteiger partial charge in [-0.3, -0.25) is 19.3 Å². The first-order chi connectivity index (χ1) is 12.5. The molecule has 1 N–H and O–H groups in total. The number of likely N-dealkylation sites (tertiary alicyclic amines) is 1. The van der Waals surface area contributed by atoms with E-state index >= 15 is 0 Å². The lowest BCUT2D eigenvalue weighted by atomic mass is 10.2. The standard InChI is InChI=1S/C18H19BrN4O3/c1-12-15(11-21-23(12)14-5-3-13(19)4-6-14)18(26)20-9-2-10-22-16(24)7-8-17(22)25/h3-6,11H,2,7-10H2,1H3,(H,20,26). The Labute approximate surface area is 159 Å². The number of carbonyl (C=O) groups excluding carboxylic acids is 3. The number of amides is 3. The molecular formula is C18H19BrN4O3. The van der Waals surface area contributed by atoms with E-state index in [1.807, 2.05) is 31.2 Å². The minimum Gasteiger partial charge on any atom is -0.352 e. The number of nitrogens with one attached hydrogen (secondary N) is 1. The summed E-state index contributed by atoms with van der Waals surface area (Å²) in [4.78, 5) is 36.7. The number of halogens is 1. The summed E-state index contributed by atoms with van der Waals surface area (Å²) in [6, 6.07) is 7.65. The topological polar surface area (TPSA) is 84.3 Å². The van der Waals surface area contributed by atoms with Crippen molar-refractivity contribution in [3.8, 4) is 5.69 Å². The number of nitrogens with zero attached hydrogens (tertiary/aromatic N) is 3. The summed E-state index contributed by atoms with van der Waals surface area (Å²) in [6.07, 6.45) is 2.66. The van der Waals surface area contributed by atoms with Crippen molar-refractivity contribution in [1.29, 1.82) is 0 Å². The van der Waals surface area contributed by atoms with Gasteiger partial charge in [0.15, 0.2) is 0 Å². The van der Waals surface area contributed by atoms with Crippen LogP contribution in [0.15, 0.2) is 34.9 Å². The molecule has 1 aromatic heterocycles. The van der Waals surface area contributed by atoms with Gasteiger partial charge in [0.25, 0.3) is 5.91 Å². The number of aromatic nitrogens is 2. The quantitative estimate of drug-likeness (QED) is 0.575. The van der Waals surface area contributed by atoms with Gasteiger partial charge in [-0.2, -0.15) is 5.10 Å². The second-order valence-corrected chi connectivity index (χ2v) is 7.00. The number of hydrogen-bond donors (Lipinski definition) is 1. The van der Waals surface area contributed by atoms with Gasteiger partial charge in [0.05, 0.1) is 23.1 Å². The molecule has 1 fully saturated rings. The van der Waals surface area contributed by atoms with E-state index in [2.05, 4.69) is 26.3 Å². The molecule has 8 heteroatoms. The van der Waals surface area contributed by atoms with Crippen molar-refractivity contribution in [2.75, 3.05) is 13.1 Å². The third kappa shape index (κ3) is 3.85. The van der Waals surface area contributed by atoms with Gasteiger partial charge in [-0.1, -0.05) is 15.9 Å². The molecule has 7 nitrogen and oxygen atoms in total. The maximum absolute atomic E-state index is 12.4. The smallest absolute Gasteiger partial charge is 0.254 e. The van der Waals surface area contributed by atoms with Crippen LogP contribution in [0.25, 0.3) is 5.69 Å². The fraction of sp³-hybridized carbons (Fsp3) is 0.333. The van der Waals surface area contributed by atoms with Crippen LogP contribution in [0.1, 0.15) is 35.3 Å². The molecule has 1 saturated heterocycles. The zero-order chi connectivity index (χ0) is 18.7. The lowest BCUT2D eigenvalue weighted by Crippen LogP contribution is -2.33. The fourth-order valence-electron chi connectivity index (χ4n) is 2.88. The van der Waals surface area contributed by atoms with Crippen molar-refractivity contribution in [3.63, 3.8) is 0 Å². The molecule has 26 heavy (non-hydrogen) atoms. The van der Waals surface area contributed by atoms with Crippen molar-refractivity contribution < 1.29 is 14.4 Å². The molecule has 1 aromatic carbocycles. The lowest BCUT2D eigenvalue weighted by Gasteiger charge is -2.13. The lowest BCUT2D eigenvalue weighted by molar-refractivity contribution is -0.138. The number of carbonyl (C=O) groups is 3. The highest BCUT2D eigenvalue weighted by Crippen LogP contribution is 2.17. The van der Waals surface area contributed by atoms with Gasteiger partial charge >= 0.3 is 0 Å². The minimum absolute atomic E-state index is 0.132. The average molecular weight is 419 g/mol. The monoisotopic (exact) mass is 418 g/mol. The Balaban J connectivity index is 1.56. The number of benzene rings is 1. The summed E-state index contributed by atoms with van der Waals surface area (Å²) in [5, 5.41) is 7.11. The summed E-state index contributed by atoms with van der Waals surface area (Å²) in [7, 11) is 0. The Bertz CT molecular complexity index is 829. The number of hydrogen-bond acceptors (Lipinski definition) is 4. The van der Waals surface area contributed by atoms with Crippen LogP contribution < -0.4 is 5.32 Å². The van der Waals surface area contributed by atoms with Crippen LogP contribution in [0.5, 0.6) is 0 Å². The Hall–Kier alpha value is -2.48. The van der Waals surface area contributed by atoms with E-state index in [1.165, 1.54) is 4.90 Å². The molecule has 0 unspecified atom stereocenters. The first-order valence-corrected chi connectivity index (χ1v) is 9.18. The Kier molecular flexibility index (Phi) is 5.51. The van der Waals surface area contributed by atoms with Gasteiger partial charge in [0.2, 0.25) is 11.8 Å². The van der Waals surface area contributed by atoms with Crippen molar-refractivity contribution in [1.82, 2.24) is 20.0 Å². The van der Waals surface area contributed by atoms with Gasteiger partial charge < -0.3 is 5.32 Å². The maximum atomic E-state index is 12.4. The first kappa shape index (κ1) is 18.3. The van der Waals surface area contributed by atoms with Crippen LogP contribution in [0.3, 0.4) is 0 Å². The molecule has 0 atom stereocenters. The molecule has 3 amide bonds. The third-order valence-electron chi connectivity index (χ3n) is 4.32. The molecule has 0 radical (unpaired) electrons. The highest BCUT2D eigenvalue weighted by molar-refractivity contribution is 9.10. The molecule has 1 aliphatic heterocycles. The van der Waals surface area contributed by atoms with Crippen LogP contribution in [0, 0.1) is 6.92 Å². The van der Waals surface area contributed by atoms with E-state index in [9.17, 15) is 14.4 Å². The van der Waals surface area contributed by atoms with Gasteiger partial charge in [-0.25, -0.2) is 4.68 Å². The van der Waals surface area contributed by atoms with Crippen LogP contribution in [0.2, 0.25) is 0 Å². The summed E-state index contributed by atoms with van der Waals surface area (Å²) >= 11 is 3.39. The molecule has 136 valence electrons. The SMILES string of the molecule is Cc1c(C(=O)NCCCN2C(=O)CCC2=O)cnn1-c1ccc(Br)cc1. The summed E-state index contributed by atoms with van der Waals surface area (Å²) in [5.74, 6) is -0.481. The van der Waals surface area contributed by atoms with Crippen LogP contribution >= 0.6 is 15.9 Å². The largest absolute Gasteiger partial charge is 0.352 e. The van der Waals surface area contributed by atoms with E-state index in [1.54, 1.807) is 10.9 Å². The molecule has 2 aromatic rings. The average Bonchev–Trinajstić information content (AvgIpc) is 3.15. The maximum Gasteiger partial charge on any atom is 0.254 e. The normalized spacial score (nSPS) is 14.2. The van der Waals surface area contributed by atoms with E-state index < -0.39 is 0 Å². The van der Waals surface area contributed by atoms with Crippen LogP contribution in [-0.4, -0.2) is 45.5 Å². The Morgan fingerprint density at radius 1 is 1.19 bits per heavy atom. The van der Waals surface area contributed by atoms with Gasteiger partial charge in [0, 0.05) is 30.4 Å². The molecular weight excluding hydrogens is 400 g/mol.